The number of carbonyl (C=O) groups is 2. The Balaban J connectivity index is 1.31. The molecule has 4 aliphatic rings. The summed E-state index contributed by atoms with van der Waals surface area (Å²) < 4.78 is 5.35. The fraction of sp³-hybridized carbons (Fsp3) is 0.591. The SMILES string of the molecule is C[C@H](NC(=O)C12CC3CC(CC(C3)C1)C2)C(=O)OCc1ccc(C#N)cc1. The van der Waals surface area contributed by atoms with Gasteiger partial charge in [-0.2, -0.15) is 5.26 Å². The van der Waals surface area contributed by atoms with Crippen LogP contribution in [0, 0.1) is 34.5 Å². The summed E-state index contributed by atoms with van der Waals surface area (Å²) in [5.41, 5.74) is 1.14. The van der Waals surface area contributed by atoms with E-state index < -0.39 is 12.0 Å². The van der Waals surface area contributed by atoms with Crippen LogP contribution in [0.1, 0.15) is 56.6 Å². The molecule has 1 atom stereocenters. The van der Waals surface area contributed by atoms with Crippen molar-refractivity contribution >= 4 is 11.9 Å². The number of benzene rings is 1. The number of nitriles is 1. The molecule has 4 aliphatic carbocycles. The quantitative estimate of drug-likeness (QED) is 0.811. The van der Waals surface area contributed by atoms with Crippen molar-refractivity contribution in [2.24, 2.45) is 23.2 Å². The lowest BCUT2D eigenvalue weighted by Gasteiger charge is -2.55. The third-order valence-corrected chi connectivity index (χ3v) is 6.69. The van der Waals surface area contributed by atoms with E-state index in [1.54, 1.807) is 31.2 Å². The van der Waals surface area contributed by atoms with Gasteiger partial charge in [0, 0.05) is 5.41 Å². The monoisotopic (exact) mass is 366 g/mol. The highest BCUT2D eigenvalue weighted by Crippen LogP contribution is 2.60. The molecule has 1 amide bonds. The first-order valence-corrected chi connectivity index (χ1v) is 9.94. The van der Waals surface area contributed by atoms with E-state index in [0.717, 1.165) is 24.8 Å². The molecular weight excluding hydrogens is 340 g/mol. The third kappa shape index (κ3) is 3.58. The Labute approximate surface area is 160 Å². The van der Waals surface area contributed by atoms with Gasteiger partial charge in [-0.25, -0.2) is 4.79 Å². The minimum atomic E-state index is -0.649. The van der Waals surface area contributed by atoms with Gasteiger partial charge in [0.25, 0.3) is 0 Å². The van der Waals surface area contributed by atoms with Gasteiger partial charge >= 0.3 is 5.97 Å². The molecule has 0 heterocycles. The van der Waals surface area contributed by atoms with Crippen LogP contribution in [0.15, 0.2) is 24.3 Å². The molecule has 1 N–H and O–H groups in total. The van der Waals surface area contributed by atoms with Gasteiger partial charge in [0.1, 0.15) is 12.6 Å². The van der Waals surface area contributed by atoms with E-state index in [1.807, 2.05) is 0 Å². The van der Waals surface area contributed by atoms with Crippen molar-refractivity contribution in [2.75, 3.05) is 0 Å². The van der Waals surface area contributed by atoms with E-state index in [0.29, 0.717) is 23.3 Å². The second-order valence-corrected chi connectivity index (χ2v) is 8.81. The van der Waals surface area contributed by atoms with Crippen LogP contribution in [-0.4, -0.2) is 17.9 Å². The second-order valence-electron chi connectivity index (χ2n) is 8.81. The number of nitrogens with zero attached hydrogens (tertiary/aromatic N) is 1. The number of nitrogens with one attached hydrogen (secondary N) is 1. The molecule has 142 valence electrons. The van der Waals surface area contributed by atoms with Crippen LogP contribution in [-0.2, 0) is 20.9 Å². The van der Waals surface area contributed by atoms with Gasteiger partial charge < -0.3 is 10.1 Å². The molecule has 5 nitrogen and oxygen atoms in total. The van der Waals surface area contributed by atoms with Crippen LogP contribution >= 0.6 is 0 Å². The minimum Gasteiger partial charge on any atom is -0.459 e. The Bertz CT molecular complexity index is 742. The normalized spacial score (nSPS) is 31.8. The highest BCUT2D eigenvalue weighted by atomic mass is 16.5. The molecule has 0 saturated heterocycles. The number of ether oxygens (including phenoxy) is 1. The topological polar surface area (TPSA) is 79.2 Å². The second kappa shape index (κ2) is 6.99. The molecular formula is C22H26N2O3. The van der Waals surface area contributed by atoms with Crippen molar-refractivity contribution in [1.29, 1.82) is 5.26 Å². The van der Waals surface area contributed by atoms with Crippen molar-refractivity contribution in [1.82, 2.24) is 5.32 Å². The first-order valence-electron chi connectivity index (χ1n) is 9.94. The summed E-state index contributed by atoms with van der Waals surface area (Å²) >= 11 is 0. The number of rotatable bonds is 5. The standard InChI is InChI=1S/C22H26N2O3/c1-14(20(25)27-13-16-4-2-15(12-23)3-5-16)24-21(26)22-9-17-6-18(10-22)8-19(7-17)11-22/h2-5,14,17-19H,6-11,13H2,1H3,(H,24,26)/t14-,17?,18?,19?,22?/m0/s1. The highest BCUT2D eigenvalue weighted by molar-refractivity contribution is 5.88. The Morgan fingerprint density at radius 1 is 1.15 bits per heavy atom. The number of hydrogen-bond acceptors (Lipinski definition) is 4. The van der Waals surface area contributed by atoms with Crippen molar-refractivity contribution in [2.45, 2.75) is 58.1 Å². The number of esters is 1. The van der Waals surface area contributed by atoms with Crippen LogP contribution < -0.4 is 5.32 Å². The minimum absolute atomic E-state index is 0.0458. The summed E-state index contributed by atoms with van der Waals surface area (Å²) in [7, 11) is 0. The van der Waals surface area contributed by atoms with Gasteiger partial charge in [0.15, 0.2) is 0 Å². The van der Waals surface area contributed by atoms with Gasteiger partial charge in [-0.15, -0.1) is 0 Å². The average Bonchev–Trinajstić information content (AvgIpc) is 2.65. The molecule has 0 aliphatic heterocycles. The first kappa shape index (κ1) is 18.0. The van der Waals surface area contributed by atoms with Crippen molar-refractivity contribution in [3.8, 4) is 6.07 Å². The number of amides is 1. The van der Waals surface area contributed by atoms with Crippen LogP contribution in [0.2, 0.25) is 0 Å². The maximum absolute atomic E-state index is 13.0. The van der Waals surface area contributed by atoms with Gasteiger partial charge in [-0.3, -0.25) is 4.79 Å². The molecule has 0 aromatic heterocycles. The summed E-state index contributed by atoms with van der Waals surface area (Å²) in [6.45, 7) is 1.83. The molecule has 5 rings (SSSR count). The summed E-state index contributed by atoms with van der Waals surface area (Å²) in [5.74, 6) is 1.71. The Morgan fingerprint density at radius 2 is 1.70 bits per heavy atom. The molecule has 0 spiro atoms. The van der Waals surface area contributed by atoms with Gasteiger partial charge in [-0.05, 0) is 80.9 Å². The summed E-state index contributed by atoms with van der Waals surface area (Å²) in [4.78, 5) is 25.3. The lowest BCUT2D eigenvalue weighted by atomic mass is 9.49. The Morgan fingerprint density at radius 3 is 2.22 bits per heavy atom. The fourth-order valence-corrected chi connectivity index (χ4v) is 5.75. The molecule has 4 bridgehead atoms. The van der Waals surface area contributed by atoms with E-state index in [-0.39, 0.29) is 17.9 Å². The molecule has 1 aromatic carbocycles. The first-order chi connectivity index (χ1) is 13.0. The maximum Gasteiger partial charge on any atom is 0.328 e. The van der Waals surface area contributed by atoms with E-state index in [4.69, 9.17) is 10.00 Å². The zero-order chi connectivity index (χ0) is 19.0. The summed E-state index contributed by atoms with van der Waals surface area (Å²) in [5, 5.41) is 11.8. The molecule has 1 aromatic rings. The molecule has 4 fully saturated rings. The van der Waals surface area contributed by atoms with Crippen molar-refractivity contribution in [3.63, 3.8) is 0 Å². The largest absolute Gasteiger partial charge is 0.459 e. The van der Waals surface area contributed by atoms with E-state index in [2.05, 4.69) is 11.4 Å². The van der Waals surface area contributed by atoms with Gasteiger partial charge in [0.05, 0.1) is 11.6 Å². The summed E-state index contributed by atoms with van der Waals surface area (Å²) in [6, 6.07) is 8.34. The van der Waals surface area contributed by atoms with Gasteiger partial charge in [-0.1, -0.05) is 12.1 Å². The third-order valence-electron chi connectivity index (χ3n) is 6.69. The summed E-state index contributed by atoms with van der Waals surface area (Å²) in [6.07, 6.45) is 6.81. The van der Waals surface area contributed by atoms with Crippen LogP contribution in [0.4, 0.5) is 0 Å². The zero-order valence-electron chi connectivity index (χ0n) is 15.7. The molecule has 27 heavy (non-hydrogen) atoms. The molecule has 0 unspecified atom stereocenters. The average molecular weight is 366 g/mol. The van der Waals surface area contributed by atoms with E-state index in [1.165, 1.54) is 19.3 Å². The van der Waals surface area contributed by atoms with Crippen LogP contribution in [0.5, 0.6) is 0 Å². The predicted octanol–water partition coefficient (Wildman–Crippen LogP) is 3.32. The van der Waals surface area contributed by atoms with Crippen LogP contribution in [0.25, 0.3) is 0 Å². The van der Waals surface area contributed by atoms with Crippen molar-refractivity contribution < 1.29 is 14.3 Å². The van der Waals surface area contributed by atoms with Crippen LogP contribution in [0.3, 0.4) is 0 Å². The fourth-order valence-electron chi connectivity index (χ4n) is 5.75. The van der Waals surface area contributed by atoms with Gasteiger partial charge in [0.2, 0.25) is 5.91 Å². The smallest absolute Gasteiger partial charge is 0.328 e. The molecule has 0 radical (unpaired) electrons. The number of hydrogen-bond donors (Lipinski definition) is 1. The van der Waals surface area contributed by atoms with E-state index in [9.17, 15) is 9.59 Å². The highest BCUT2D eigenvalue weighted by Gasteiger charge is 2.54. The Hall–Kier alpha value is -2.35. The molecule has 5 heteroatoms. The number of carbonyl (C=O) groups excluding carboxylic acids is 2. The predicted molar refractivity (Wildman–Crippen MR) is 99.2 cm³/mol. The molecule has 4 saturated carbocycles. The zero-order valence-corrected chi connectivity index (χ0v) is 15.7. The lowest BCUT2D eigenvalue weighted by Crippen LogP contribution is -2.55. The Kier molecular flexibility index (Phi) is 4.67. The lowest BCUT2D eigenvalue weighted by molar-refractivity contribution is -0.154. The maximum atomic E-state index is 13.0. The van der Waals surface area contributed by atoms with E-state index >= 15 is 0 Å². The van der Waals surface area contributed by atoms with Crippen molar-refractivity contribution in [3.05, 3.63) is 35.4 Å².